The largest absolute Gasteiger partial charge is 0.466 e. The maximum absolute atomic E-state index is 12.4. The summed E-state index contributed by atoms with van der Waals surface area (Å²) < 4.78 is 41.2. The number of esters is 1. The quantitative estimate of drug-likeness (QED) is 0.709. The highest BCUT2D eigenvalue weighted by Gasteiger charge is 2.33. The highest BCUT2D eigenvalue weighted by atomic mass is 32.2. The minimum Gasteiger partial charge on any atom is -0.466 e. The van der Waals surface area contributed by atoms with Crippen molar-refractivity contribution in [2.24, 2.45) is 5.92 Å². The first-order chi connectivity index (χ1) is 12.5. The Balaban J connectivity index is 1.60. The summed E-state index contributed by atoms with van der Waals surface area (Å²) in [6.45, 7) is 2.52. The summed E-state index contributed by atoms with van der Waals surface area (Å²) in [5.74, 6) is -0.318. The lowest BCUT2D eigenvalue weighted by molar-refractivity contribution is -0.149. The Morgan fingerprint density at radius 1 is 1.27 bits per heavy atom. The first-order valence-electron chi connectivity index (χ1n) is 8.34. The van der Waals surface area contributed by atoms with Gasteiger partial charge >= 0.3 is 16.3 Å². The second-order valence-electron chi connectivity index (χ2n) is 5.86. The Morgan fingerprint density at radius 3 is 2.54 bits per heavy atom. The maximum Gasteiger partial charge on any atom is 0.385 e. The number of ether oxygens (including phenoxy) is 1. The molecule has 0 atom stereocenters. The van der Waals surface area contributed by atoms with E-state index in [9.17, 15) is 13.2 Å². The molecule has 0 amide bonds. The molecule has 1 aromatic carbocycles. The third kappa shape index (κ3) is 4.23. The van der Waals surface area contributed by atoms with Gasteiger partial charge in [0, 0.05) is 18.7 Å². The molecule has 8 nitrogen and oxygen atoms in total. The number of carbonyl (C=O) groups is 1. The van der Waals surface area contributed by atoms with Gasteiger partial charge in [-0.2, -0.15) is 12.7 Å². The third-order valence-electron chi connectivity index (χ3n) is 4.17. The monoisotopic (exact) mass is 380 g/mol. The molecule has 1 aliphatic heterocycles. The van der Waals surface area contributed by atoms with Gasteiger partial charge in [-0.15, -0.1) is 0 Å². The Labute approximate surface area is 152 Å². The van der Waals surface area contributed by atoms with E-state index < -0.39 is 10.3 Å². The van der Waals surface area contributed by atoms with E-state index >= 15 is 0 Å². The van der Waals surface area contributed by atoms with Crippen molar-refractivity contribution in [1.29, 1.82) is 0 Å². The molecule has 1 aromatic heterocycles. The van der Waals surface area contributed by atoms with Gasteiger partial charge < -0.3 is 13.3 Å². The number of nitrogens with zero attached hydrogens (tertiary/aromatic N) is 2. The van der Waals surface area contributed by atoms with Crippen LogP contribution in [0.4, 0.5) is 0 Å². The molecule has 1 fully saturated rings. The number of piperidine rings is 1. The number of rotatable bonds is 6. The van der Waals surface area contributed by atoms with Crippen LogP contribution in [0.15, 0.2) is 41.3 Å². The van der Waals surface area contributed by atoms with E-state index in [-0.39, 0.29) is 30.7 Å². The minimum absolute atomic E-state index is 0.213. The third-order valence-corrected chi connectivity index (χ3v) is 5.57. The van der Waals surface area contributed by atoms with E-state index in [1.54, 1.807) is 31.2 Å². The molecule has 0 aliphatic carbocycles. The lowest BCUT2D eigenvalue weighted by Gasteiger charge is -2.29. The normalized spacial score (nSPS) is 16.3. The van der Waals surface area contributed by atoms with E-state index in [1.165, 1.54) is 17.0 Å². The SMILES string of the molecule is CCOC(=O)C1CCN(S(=O)(=O)Oc2ccc(-c3cocn3)cc2)CC1. The van der Waals surface area contributed by atoms with Crippen molar-refractivity contribution in [1.82, 2.24) is 9.29 Å². The van der Waals surface area contributed by atoms with Crippen LogP contribution in [0.2, 0.25) is 0 Å². The van der Waals surface area contributed by atoms with Crippen LogP contribution >= 0.6 is 0 Å². The second-order valence-corrected chi connectivity index (χ2v) is 7.40. The molecule has 0 unspecified atom stereocenters. The summed E-state index contributed by atoms with van der Waals surface area (Å²) in [5.41, 5.74) is 1.44. The molecule has 140 valence electrons. The summed E-state index contributed by atoms with van der Waals surface area (Å²) in [6, 6.07) is 6.53. The summed E-state index contributed by atoms with van der Waals surface area (Å²) in [4.78, 5) is 15.8. The summed E-state index contributed by atoms with van der Waals surface area (Å²) in [6.07, 6.45) is 3.67. The molecule has 26 heavy (non-hydrogen) atoms. The predicted octanol–water partition coefficient (Wildman–Crippen LogP) is 2.24. The molecule has 0 radical (unpaired) electrons. The van der Waals surface area contributed by atoms with Crippen molar-refractivity contribution in [3.05, 3.63) is 36.9 Å². The number of aromatic nitrogens is 1. The van der Waals surface area contributed by atoms with Crippen molar-refractivity contribution in [2.75, 3.05) is 19.7 Å². The van der Waals surface area contributed by atoms with E-state index in [0.29, 0.717) is 25.1 Å². The lowest BCUT2D eigenvalue weighted by Crippen LogP contribution is -2.42. The predicted molar refractivity (Wildman–Crippen MR) is 92.4 cm³/mol. The fourth-order valence-electron chi connectivity index (χ4n) is 2.79. The van der Waals surface area contributed by atoms with Gasteiger partial charge in [-0.1, -0.05) is 0 Å². The number of hydrogen-bond donors (Lipinski definition) is 0. The van der Waals surface area contributed by atoms with Crippen LogP contribution in [-0.4, -0.2) is 43.4 Å². The molecule has 0 N–H and O–H groups in total. The average Bonchev–Trinajstić information content (AvgIpc) is 3.17. The van der Waals surface area contributed by atoms with Gasteiger partial charge in [-0.25, -0.2) is 4.98 Å². The summed E-state index contributed by atoms with van der Waals surface area (Å²) in [5, 5.41) is 0. The Morgan fingerprint density at radius 2 is 1.96 bits per heavy atom. The fourth-order valence-corrected chi connectivity index (χ4v) is 3.90. The van der Waals surface area contributed by atoms with Gasteiger partial charge in [-0.3, -0.25) is 4.79 Å². The van der Waals surface area contributed by atoms with Crippen molar-refractivity contribution >= 4 is 16.3 Å². The zero-order valence-corrected chi connectivity index (χ0v) is 15.1. The van der Waals surface area contributed by atoms with Crippen molar-refractivity contribution in [3.63, 3.8) is 0 Å². The van der Waals surface area contributed by atoms with Crippen molar-refractivity contribution in [2.45, 2.75) is 19.8 Å². The molecule has 0 saturated carbocycles. The molecule has 0 spiro atoms. The topological polar surface area (TPSA) is 98.9 Å². The molecule has 0 bridgehead atoms. The maximum atomic E-state index is 12.4. The van der Waals surface area contributed by atoms with Crippen LogP contribution in [0, 0.1) is 5.92 Å². The molecular formula is C17H20N2O6S. The van der Waals surface area contributed by atoms with Gasteiger partial charge in [0.15, 0.2) is 6.39 Å². The van der Waals surface area contributed by atoms with Crippen LogP contribution in [0.1, 0.15) is 19.8 Å². The molecule has 2 heterocycles. The van der Waals surface area contributed by atoms with Gasteiger partial charge in [0.1, 0.15) is 17.7 Å². The number of carbonyl (C=O) groups excluding carboxylic acids is 1. The first-order valence-corrected chi connectivity index (χ1v) is 9.71. The highest BCUT2D eigenvalue weighted by molar-refractivity contribution is 7.84. The Kier molecular flexibility index (Phi) is 5.58. The Hall–Kier alpha value is -2.39. The zero-order valence-electron chi connectivity index (χ0n) is 14.3. The number of hydrogen-bond acceptors (Lipinski definition) is 7. The zero-order chi connectivity index (χ0) is 18.6. The van der Waals surface area contributed by atoms with Crippen LogP contribution in [0.3, 0.4) is 0 Å². The second kappa shape index (κ2) is 7.88. The fraction of sp³-hybridized carbons (Fsp3) is 0.412. The van der Waals surface area contributed by atoms with Crippen LogP contribution < -0.4 is 4.18 Å². The smallest absolute Gasteiger partial charge is 0.385 e. The minimum atomic E-state index is -3.92. The Bertz CT molecular complexity index is 825. The summed E-state index contributed by atoms with van der Waals surface area (Å²) >= 11 is 0. The van der Waals surface area contributed by atoms with Crippen LogP contribution in [0.25, 0.3) is 11.3 Å². The standard InChI is InChI=1S/C17H20N2O6S/c1-2-24-17(20)14-7-9-19(10-8-14)26(21,22)25-15-5-3-13(4-6-15)16-11-23-12-18-16/h3-6,11-12,14H,2,7-10H2,1H3. The molecule has 9 heteroatoms. The van der Waals surface area contributed by atoms with Crippen molar-refractivity contribution < 1.29 is 26.5 Å². The molecule has 1 saturated heterocycles. The molecular weight excluding hydrogens is 360 g/mol. The van der Waals surface area contributed by atoms with E-state index in [1.807, 2.05) is 0 Å². The van der Waals surface area contributed by atoms with E-state index in [0.717, 1.165) is 5.56 Å². The van der Waals surface area contributed by atoms with E-state index in [4.69, 9.17) is 13.3 Å². The van der Waals surface area contributed by atoms with Gasteiger partial charge in [0.05, 0.1) is 12.5 Å². The average molecular weight is 380 g/mol. The molecule has 2 aromatic rings. The van der Waals surface area contributed by atoms with Crippen LogP contribution in [0.5, 0.6) is 5.75 Å². The summed E-state index contributed by atoms with van der Waals surface area (Å²) in [7, 11) is -3.92. The number of benzene rings is 1. The molecule has 1 aliphatic rings. The molecule has 3 rings (SSSR count). The van der Waals surface area contributed by atoms with Gasteiger partial charge in [0.2, 0.25) is 0 Å². The number of oxazole rings is 1. The van der Waals surface area contributed by atoms with Crippen molar-refractivity contribution in [3.8, 4) is 17.0 Å². The van der Waals surface area contributed by atoms with Crippen LogP contribution in [-0.2, 0) is 19.8 Å². The van der Waals surface area contributed by atoms with Gasteiger partial charge in [0.25, 0.3) is 0 Å². The van der Waals surface area contributed by atoms with E-state index in [2.05, 4.69) is 4.98 Å². The first kappa shape index (κ1) is 18.4. The van der Waals surface area contributed by atoms with Gasteiger partial charge in [-0.05, 0) is 44.0 Å². The lowest BCUT2D eigenvalue weighted by atomic mass is 9.98. The highest BCUT2D eigenvalue weighted by Crippen LogP contribution is 2.25.